The molecule has 110 valence electrons. The monoisotopic (exact) mass is 310 g/mol. The van der Waals surface area contributed by atoms with E-state index in [0.717, 1.165) is 28.7 Å². The summed E-state index contributed by atoms with van der Waals surface area (Å²) in [6.45, 7) is 4.04. The van der Waals surface area contributed by atoms with Crippen molar-refractivity contribution in [2.24, 2.45) is 0 Å². The smallest absolute Gasteiger partial charge is 0.155 e. The van der Waals surface area contributed by atoms with Crippen molar-refractivity contribution in [3.63, 3.8) is 0 Å². The lowest BCUT2D eigenvalue weighted by molar-refractivity contribution is 0.112. The molecule has 3 rings (SSSR count). The Morgan fingerprint density at radius 1 is 1.05 bits per heavy atom. The van der Waals surface area contributed by atoms with Gasteiger partial charge >= 0.3 is 0 Å². The third-order valence-electron chi connectivity index (χ3n) is 3.48. The molecule has 1 heterocycles. The van der Waals surface area contributed by atoms with Gasteiger partial charge in [0.15, 0.2) is 6.29 Å². The number of aromatic nitrogens is 2. The van der Waals surface area contributed by atoms with E-state index in [4.69, 9.17) is 11.6 Å². The van der Waals surface area contributed by atoms with Crippen LogP contribution in [0.25, 0.3) is 16.9 Å². The molecule has 0 fully saturated rings. The van der Waals surface area contributed by atoms with Crippen LogP contribution in [0.5, 0.6) is 0 Å². The van der Waals surface area contributed by atoms with Gasteiger partial charge in [0.25, 0.3) is 0 Å². The Hall–Kier alpha value is -2.39. The van der Waals surface area contributed by atoms with E-state index in [1.807, 2.05) is 56.3 Å². The number of carbonyl (C=O) groups excluding carboxylic acids is 1. The van der Waals surface area contributed by atoms with Gasteiger partial charge in [-0.3, -0.25) is 4.79 Å². The molecule has 3 nitrogen and oxygen atoms in total. The van der Waals surface area contributed by atoms with Gasteiger partial charge in [-0.05, 0) is 38.1 Å². The van der Waals surface area contributed by atoms with E-state index in [9.17, 15) is 4.79 Å². The molecular weight excluding hydrogens is 296 g/mol. The van der Waals surface area contributed by atoms with Gasteiger partial charge in [0.1, 0.15) is 10.8 Å². The molecule has 0 saturated heterocycles. The number of benzene rings is 2. The lowest BCUT2D eigenvalue weighted by Gasteiger charge is -2.03. The molecule has 0 saturated carbocycles. The van der Waals surface area contributed by atoms with E-state index in [-0.39, 0.29) is 0 Å². The number of para-hydroxylation sites is 1. The third-order valence-corrected chi connectivity index (χ3v) is 3.84. The average Bonchev–Trinajstić information content (AvgIpc) is 2.84. The summed E-state index contributed by atoms with van der Waals surface area (Å²) in [5, 5.41) is 4.89. The molecule has 0 atom stereocenters. The number of rotatable bonds is 3. The first-order chi connectivity index (χ1) is 10.6. The van der Waals surface area contributed by atoms with Crippen molar-refractivity contribution in [1.29, 1.82) is 0 Å². The maximum absolute atomic E-state index is 11.5. The standard InChI is InChI=1S/C18H15ClN2O/c1-12-8-13(2)10-14(9-12)17-16(11-22)18(19)21(20-17)15-6-4-3-5-7-15/h3-11H,1-2H3. The molecule has 2 aromatic carbocycles. The second-order valence-electron chi connectivity index (χ2n) is 5.29. The van der Waals surface area contributed by atoms with Crippen LogP contribution in [0.4, 0.5) is 0 Å². The van der Waals surface area contributed by atoms with Crippen molar-refractivity contribution >= 4 is 17.9 Å². The Balaban J connectivity index is 2.22. The zero-order valence-electron chi connectivity index (χ0n) is 12.4. The lowest BCUT2D eigenvalue weighted by atomic mass is 10.0. The first kappa shape index (κ1) is 14.5. The predicted octanol–water partition coefficient (Wildman–Crippen LogP) is 4.62. The van der Waals surface area contributed by atoms with Crippen LogP contribution >= 0.6 is 11.6 Å². The number of nitrogens with zero attached hydrogens (tertiary/aromatic N) is 2. The lowest BCUT2D eigenvalue weighted by Crippen LogP contribution is -1.96. The molecule has 0 aliphatic rings. The summed E-state index contributed by atoms with van der Waals surface area (Å²) in [6, 6.07) is 15.6. The van der Waals surface area contributed by atoms with Crippen LogP contribution in [-0.2, 0) is 0 Å². The van der Waals surface area contributed by atoms with Crippen molar-refractivity contribution in [1.82, 2.24) is 9.78 Å². The first-order valence-electron chi connectivity index (χ1n) is 6.98. The number of carbonyl (C=O) groups is 1. The molecule has 0 spiro atoms. The summed E-state index contributed by atoms with van der Waals surface area (Å²) in [6.07, 6.45) is 0.766. The normalized spacial score (nSPS) is 10.7. The highest BCUT2D eigenvalue weighted by molar-refractivity contribution is 6.32. The van der Waals surface area contributed by atoms with E-state index in [1.165, 1.54) is 0 Å². The molecule has 3 aromatic rings. The predicted molar refractivity (Wildman–Crippen MR) is 88.9 cm³/mol. The van der Waals surface area contributed by atoms with Gasteiger partial charge in [-0.1, -0.05) is 47.0 Å². The second kappa shape index (κ2) is 5.78. The Morgan fingerprint density at radius 2 is 1.68 bits per heavy atom. The Morgan fingerprint density at radius 3 is 2.27 bits per heavy atom. The van der Waals surface area contributed by atoms with Crippen LogP contribution in [0.3, 0.4) is 0 Å². The largest absolute Gasteiger partial charge is 0.298 e. The van der Waals surface area contributed by atoms with Crippen LogP contribution in [0.1, 0.15) is 21.5 Å². The summed E-state index contributed by atoms with van der Waals surface area (Å²) in [4.78, 5) is 11.5. The molecule has 1 aromatic heterocycles. The maximum atomic E-state index is 11.5. The fraction of sp³-hybridized carbons (Fsp3) is 0.111. The van der Waals surface area contributed by atoms with E-state index in [1.54, 1.807) is 4.68 Å². The molecule has 0 unspecified atom stereocenters. The van der Waals surface area contributed by atoms with Crippen molar-refractivity contribution in [2.75, 3.05) is 0 Å². The zero-order chi connectivity index (χ0) is 15.7. The van der Waals surface area contributed by atoms with E-state index < -0.39 is 0 Å². The Labute approximate surface area is 134 Å². The average molecular weight is 311 g/mol. The molecule has 0 aliphatic carbocycles. The Bertz CT molecular complexity index is 818. The quantitative estimate of drug-likeness (QED) is 0.661. The van der Waals surface area contributed by atoms with Gasteiger partial charge < -0.3 is 0 Å². The van der Waals surface area contributed by atoms with E-state index in [0.29, 0.717) is 16.4 Å². The minimum atomic E-state index is 0.329. The summed E-state index contributed by atoms with van der Waals surface area (Å²) in [5.41, 5.74) is 4.99. The van der Waals surface area contributed by atoms with Crippen LogP contribution in [0.15, 0.2) is 48.5 Å². The Kier molecular flexibility index (Phi) is 3.82. The van der Waals surface area contributed by atoms with E-state index in [2.05, 4.69) is 11.2 Å². The highest BCUT2D eigenvalue weighted by atomic mass is 35.5. The van der Waals surface area contributed by atoms with Crippen molar-refractivity contribution in [3.05, 3.63) is 70.4 Å². The number of halogens is 1. The fourth-order valence-electron chi connectivity index (χ4n) is 2.58. The van der Waals surface area contributed by atoms with Gasteiger partial charge in [-0.25, -0.2) is 4.68 Å². The van der Waals surface area contributed by atoms with Crippen LogP contribution in [0, 0.1) is 13.8 Å². The van der Waals surface area contributed by atoms with E-state index >= 15 is 0 Å². The van der Waals surface area contributed by atoms with Gasteiger partial charge in [0.05, 0.1) is 11.3 Å². The molecule has 0 bridgehead atoms. The number of aldehydes is 1. The van der Waals surface area contributed by atoms with Crippen LogP contribution in [-0.4, -0.2) is 16.1 Å². The van der Waals surface area contributed by atoms with Crippen molar-refractivity contribution in [3.8, 4) is 16.9 Å². The van der Waals surface area contributed by atoms with Gasteiger partial charge in [-0.15, -0.1) is 0 Å². The molecule has 0 radical (unpaired) electrons. The molecule has 22 heavy (non-hydrogen) atoms. The SMILES string of the molecule is Cc1cc(C)cc(-c2nn(-c3ccccc3)c(Cl)c2C=O)c1. The van der Waals surface area contributed by atoms with Crippen molar-refractivity contribution in [2.45, 2.75) is 13.8 Å². The third kappa shape index (κ3) is 2.55. The second-order valence-corrected chi connectivity index (χ2v) is 5.65. The number of aryl methyl sites for hydroxylation is 2. The van der Waals surface area contributed by atoms with Crippen LogP contribution in [0.2, 0.25) is 5.15 Å². The minimum Gasteiger partial charge on any atom is -0.298 e. The summed E-state index contributed by atoms with van der Waals surface area (Å²) < 4.78 is 1.60. The fourth-order valence-corrected chi connectivity index (χ4v) is 2.85. The zero-order valence-corrected chi connectivity index (χ0v) is 13.1. The molecule has 0 amide bonds. The highest BCUT2D eigenvalue weighted by Gasteiger charge is 2.18. The molecule has 0 aliphatic heterocycles. The van der Waals surface area contributed by atoms with Crippen molar-refractivity contribution < 1.29 is 4.79 Å². The summed E-state index contributed by atoms with van der Waals surface area (Å²) in [5.74, 6) is 0. The van der Waals surface area contributed by atoms with Gasteiger partial charge in [0, 0.05) is 5.56 Å². The number of hydrogen-bond acceptors (Lipinski definition) is 2. The molecule has 0 N–H and O–H groups in total. The van der Waals surface area contributed by atoms with Gasteiger partial charge in [-0.2, -0.15) is 5.10 Å². The first-order valence-corrected chi connectivity index (χ1v) is 7.35. The summed E-state index contributed by atoms with van der Waals surface area (Å²) >= 11 is 6.36. The van der Waals surface area contributed by atoms with Crippen LogP contribution < -0.4 is 0 Å². The number of hydrogen-bond donors (Lipinski definition) is 0. The van der Waals surface area contributed by atoms with Gasteiger partial charge in [0.2, 0.25) is 0 Å². The minimum absolute atomic E-state index is 0.329. The molecular formula is C18H15ClN2O. The summed E-state index contributed by atoms with van der Waals surface area (Å²) in [7, 11) is 0. The topological polar surface area (TPSA) is 34.9 Å². The highest BCUT2D eigenvalue weighted by Crippen LogP contribution is 2.30. The molecule has 4 heteroatoms. The maximum Gasteiger partial charge on any atom is 0.155 e.